The molecule has 2 heterocycles. The van der Waals surface area contributed by atoms with Crippen LogP contribution in [-0.4, -0.2) is 28.8 Å². The molecular weight excluding hydrogens is 212 g/mol. The summed E-state index contributed by atoms with van der Waals surface area (Å²) in [6.07, 6.45) is 5.46. The molecule has 2 aliphatic rings. The summed E-state index contributed by atoms with van der Waals surface area (Å²) in [6, 6.07) is 0.377. The number of piperidine rings is 1. The minimum absolute atomic E-state index is 0.00901. The largest absolute Gasteiger partial charge is 0.317 e. The van der Waals surface area contributed by atoms with Crippen LogP contribution >= 0.6 is 0 Å². The highest BCUT2D eigenvalue weighted by Gasteiger charge is 2.58. The van der Waals surface area contributed by atoms with Gasteiger partial charge in [-0.15, -0.1) is 0 Å². The molecule has 0 spiro atoms. The lowest BCUT2D eigenvalue weighted by atomic mass is 10.1. The van der Waals surface area contributed by atoms with Gasteiger partial charge in [0.05, 0.1) is 18.2 Å². The Kier molecular flexibility index (Phi) is 2.24. The van der Waals surface area contributed by atoms with E-state index in [-0.39, 0.29) is 6.42 Å². The van der Waals surface area contributed by atoms with Gasteiger partial charge in [0.1, 0.15) is 0 Å². The van der Waals surface area contributed by atoms with Gasteiger partial charge in [-0.05, 0) is 31.5 Å². The van der Waals surface area contributed by atoms with Crippen molar-refractivity contribution in [3.63, 3.8) is 0 Å². The molecule has 0 aromatic carbocycles. The first kappa shape index (κ1) is 10.2. The zero-order chi connectivity index (χ0) is 11.2. The third-order valence-electron chi connectivity index (χ3n) is 3.53. The quantitative estimate of drug-likeness (QED) is 0.836. The second kappa shape index (κ2) is 3.52. The van der Waals surface area contributed by atoms with Crippen molar-refractivity contribution < 1.29 is 8.78 Å². The highest BCUT2D eigenvalue weighted by atomic mass is 19.3. The van der Waals surface area contributed by atoms with Crippen molar-refractivity contribution in [3.8, 4) is 0 Å². The number of alkyl halides is 2. The van der Waals surface area contributed by atoms with Gasteiger partial charge in [-0.2, -0.15) is 5.10 Å². The number of aromatic nitrogens is 2. The molecule has 1 aromatic heterocycles. The van der Waals surface area contributed by atoms with Gasteiger partial charge in [0.2, 0.25) is 0 Å². The highest BCUT2D eigenvalue weighted by molar-refractivity contribution is 5.24. The molecule has 16 heavy (non-hydrogen) atoms. The van der Waals surface area contributed by atoms with Crippen molar-refractivity contribution in [3.05, 3.63) is 18.0 Å². The number of hydrogen-bond donors (Lipinski definition) is 1. The molecule has 1 saturated carbocycles. The zero-order valence-corrected chi connectivity index (χ0v) is 9.00. The predicted octanol–water partition coefficient (Wildman–Crippen LogP) is 1.93. The average Bonchev–Trinajstić information content (AvgIpc) is 2.76. The Labute approximate surface area is 92.8 Å². The Morgan fingerprint density at radius 2 is 2.06 bits per heavy atom. The van der Waals surface area contributed by atoms with Gasteiger partial charge >= 0.3 is 0 Å². The van der Waals surface area contributed by atoms with Crippen LogP contribution in [0.2, 0.25) is 0 Å². The van der Waals surface area contributed by atoms with Gasteiger partial charge < -0.3 is 5.32 Å². The Morgan fingerprint density at radius 1 is 1.38 bits per heavy atom. The smallest absolute Gasteiger partial charge is 0.256 e. The van der Waals surface area contributed by atoms with Crippen molar-refractivity contribution in [1.82, 2.24) is 15.1 Å². The third-order valence-corrected chi connectivity index (χ3v) is 3.53. The first-order valence-electron chi connectivity index (χ1n) is 5.79. The summed E-state index contributed by atoms with van der Waals surface area (Å²) in [7, 11) is 0. The van der Waals surface area contributed by atoms with Crippen LogP contribution in [0.25, 0.3) is 0 Å². The molecule has 1 aliphatic carbocycles. The molecule has 1 unspecified atom stereocenters. The van der Waals surface area contributed by atoms with E-state index in [0.29, 0.717) is 11.6 Å². The molecule has 3 nitrogen and oxygen atoms in total. The molecule has 1 aromatic rings. The van der Waals surface area contributed by atoms with E-state index in [1.54, 1.807) is 6.20 Å². The molecule has 0 amide bonds. The van der Waals surface area contributed by atoms with Crippen LogP contribution in [0.3, 0.4) is 0 Å². The van der Waals surface area contributed by atoms with Crippen LogP contribution in [0, 0.1) is 0 Å². The standard InChI is InChI=1S/C11H15F2N3/c12-11(13)5-10(11)8-6-15-16(7-8)9-1-3-14-4-2-9/h6-7,9-10,14H,1-5H2. The Hall–Kier alpha value is -0.970. The topological polar surface area (TPSA) is 29.9 Å². The normalized spacial score (nSPS) is 29.2. The average molecular weight is 227 g/mol. The number of nitrogens with zero attached hydrogens (tertiary/aromatic N) is 2. The fourth-order valence-electron chi connectivity index (χ4n) is 2.38. The van der Waals surface area contributed by atoms with Crippen LogP contribution in [0.15, 0.2) is 12.4 Å². The van der Waals surface area contributed by atoms with E-state index >= 15 is 0 Å². The predicted molar refractivity (Wildman–Crippen MR) is 55.7 cm³/mol. The van der Waals surface area contributed by atoms with Crippen LogP contribution in [0.5, 0.6) is 0 Å². The van der Waals surface area contributed by atoms with Gasteiger partial charge in [-0.25, -0.2) is 8.78 Å². The molecule has 88 valence electrons. The van der Waals surface area contributed by atoms with Gasteiger partial charge in [0, 0.05) is 12.6 Å². The molecular formula is C11H15F2N3. The molecule has 1 atom stereocenters. The zero-order valence-electron chi connectivity index (χ0n) is 9.00. The molecule has 1 N–H and O–H groups in total. The monoisotopic (exact) mass is 227 g/mol. The van der Waals surface area contributed by atoms with Crippen LogP contribution in [0.1, 0.15) is 36.8 Å². The van der Waals surface area contributed by atoms with Crippen LogP contribution < -0.4 is 5.32 Å². The molecule has 2 fully saturated rings. The van der Waals surface area contributed by atoms with Gasteiger partial charge in [0.25, 0.3) is 5.92 Å². The number of nitrogens with one attached hydrogen (secondary N) is 1. The maximum absolute atomic E-state index is 12.9. The summed E-state index contributed by atoms with van der Waals surface area (Å²) in [5.74, 6) is -3.06. The summed E-state index contributed by atoms with van der Waals surface area (Å²) in [4.78, 5) is 0. The molecule has 0 bridgehead atoms. The SMILES string of the molecule is FC1(F)CC1c1cnn(C2CCNCC2)c1. The second-order valence-electron chi connectivity index (χ2n) is 4.75. The minimum atomic E-state index is -2.48. The summed E-state index contributed by atoms with van der Waals surface area (Å²) in [5, 5.41) is 7.50. The molecule has 3 rings (SSSR count). The van der Waals surface area contributed by atoms with E-state index < -0.39 is 11.8 Å². The van der Waals surface area contributed by atoms with Crippen molar-refractivity contribution in [2.75, 3.05) is 13.1 Å². The maximum Gasteiger partial charge on any atom is 0.256 e. The van der Waals surface area contributed by atoms with Crippen molar-refractivity contribution in [1.29, 1.82) is 0 Å². The lowest BCUT2D eigenvalue weighted by Crippen LogP contribution is -2.29. The molecule has 0 radical (unpaired) electrons. The lowest BCUT2D eigenvalue weighted by Gasteiger charge is -2.22. The van der Waals surface area contributed by atoms with E-state index in [1.807, 2.05) is 10.9 Å². The molecule has 5 heteroatoms. The number of hydrogen-bond acceptors (Lipinski definition) is 2. The fraction of sp³-hybridized carbons (Fsp3) is 0.727. The minimum Gasteiger partial charge on any atom is -0.317 e. The first-order chi connectivity index (χ1) is 7.67. The Balaban J connectivity index is 1.72. The van der Waals surface area contributed by atoms with Gasteiger partial charge in [-0.3, -0.25) is 4.68 Å². The number of halogens is 2. The summed E-state index contributed by atoms with van der Waals surface area (Å²) in [5.41, 5.74) is 0.698. The summed E-state index contributed by atoms with van der Waals surface area (Å²) >= 11 is 0. The van der Waals surface area contributed by atoms with E-state index in [4.69, 9.17) is 0 Å². The highest BCUT2D eigenvalue weighted by Crippen LogP contribution is 2.55. The van der Waals surface area contributed by atoms with Crippen molar-refractivity contribution >= 4 is 0 Å². The Morgan fingerprint density at radius 3 is 2.69 bits per heavy atom. The lowest BCUT2D eigenvalue weighted by molar-refractivity contribution is 0.112. The van der Waals surface area contributed by atoms with Gasteiger partial charge in [0.15, 0.2) is 0 Å². The second-order valence-corrected chi connectivity index (χ2v) is 4.75. The van der Waals surface area contributed by atoms with Crippen LogP contribution in [-0.2, 0) is 0 Å². The van der Waals surface area contributed by atoms with E-state index in [9.17, 15) is 8.78 Å². The van der Waals surface area contributed by atoms with E-state index in [1.165, 1.54) is 0 Å². The number of rotatable bonds is 2. The van der Waals surface area contributed by atoms with E-state index in [0.717, 1.165) is 25.9 Å². The summed E-state index contributed by atoms with van der Waals surface area (Å²) < 4.78 is 27.6. The van der Waals surface area contributed by atoms with Crippen LogP contribution in [0.4, 0.5) is 8.78 Å². The van der Waals surface area contributed by atoms with Gasteiger partial charge in [-0.1, -0.05) is 0 Å². The van der Waals surface area contributed by atoms with E-state index in [2.05, 4.69) is 10.4 Å². The third kappa shape index (κ3) is 1.73. The first-order valence-corrected chi connectivity index (χ1v) is 5.79. The van der Waals surface area contributed by atoms with Crippen molar-refractivity contribution in [2.45, 2.75) is 37.1 Å². The molecule has 1 saturated heterocycles. The molecule has 1 aliphatic heterocycles. The summed E-state index contributed by atoms with van der Waals surface area (Å²) in [6.45, 7) is 1.97. The Bertz CT molecular complexity index is 382. The van der Waals surface area contributed by atoms with Crippen molar-refractivity contribution in [2.24, 2.45) is 0 Å². The maximum atomic E-state index is 12.9. The fourth-order valence-corrected chi connectivity index (χ4v) is 2.38.